The van der Waals surface area contributed by atoms with Gasteiger partial charge in [0.05, 0.1) is 32.0 Å². The van der Waals surface area contributed by atoms with Gasteiger partial charge in [0.1, 0.15) is 0 Å². The molecule has 3 rings (SSSR count). The van der Waals surface area contributed by atoms with Gasteiger partial charge in [0.2, 0.25) is 0 Å². The van der Waals surface area contributed by atoms with E-state index in [0.29, 0.717) is 12.2 Å². The number of ether oxygens (including phenoxy) is 2. The van der Waals surface area contributed by atoms with Gasteiger partial charge in [0.15, 0.2) is 0 Å². The Hall–Kier alpha value is -2.21. The zero-order chi connectivity index (χ0) is 19.8. The van der Waals surface area contributed by atoms with Crippen molar-refractivity contribution in [1.82, 2.24) is 10.2 Å². The Morgan fingerprint density at radius 2 is 1.75 bits per heavy atom. The number of amides is 1. The Kier molecular flexibility index (Phi) is 7.60. The van der Waals surface area contributed by atoms with Gasteiger partial charge < -0.3 is 14.8 Å². The van der Waals surface area contributed by atoms with Crippen molar-refractivity contribution in [2.75, 3.05) is 32.8 Å². The fourth-order valence-electron chi connectivity index (χ4n) is 3.22. The molecular formula is C23H30N2O3. The zero-order valence-corrected chi connectivity index (χ0v) is 16.8. The van der Waals surface area contributed by atoms with Gasteiger partial charge in [-0.05, 0) is 37.1 Å². The highest BCUT2D eigenvalue weighted by molar-refractivity contribution is 5.94. The van der Waals surface area contributed by atoms with Gasteiger partial charge in [0, 0.05) is 25.2 Å². The van der Waals surface area contributed by atoms with Crippen LogP contribution in [0, 0.1) is 0 Å². The molecule has 2 aromatic rings. The maximum Gasteiger partial charge on any atom is 0.251 e. The number of benzene rings is 2. The monoisotopic (exact) mass is 382 g/mol. The van der Waals surface area contributed by atoms with E-state index in [0.717, 1.165) is 44.0 Å². The lowest BCUT2D eigenvalue weighted by molar-refractivity contribution is 0.0332. The van der Waals surface area contributed by atoms with E-state index in [4.69, 9.17) is 9.47 Å². The molecule has 0 aliphatic carbocycles. The molecule has 1 saturated heterocycles. The number of carbonyl (C=O) groups excluding carboxylic acids is 1. The van der Waals surface area contributed by atoms with Crippen molar-refractivity contribution < 1.29 is 14.3 Å². The van der Waals surface area contributed by atoms with Crippen molar-refractivity contribution in [3.05, 3.63) is 71.3 Å². The van der Waals surface area contributed by atoms with Gasteiger partial charge in [-0.25, -0.2) is 0 Å². The second-order valence-corrected chi connectivity index (χ2v) is 7.41. The van der Waals surface area contributed by atoms with E-state index >= 15 is 0 Å². The Bertz CT molecular complexity index is 725. The van der Waals surface area contributed by atoms with Crippen LogP contribution in [-0.2, 0) is 16.1 Å². The summed E-state index contributed by atoms with van der Waals surface area (Å²) in [7, 11) is 0. The van der Waals surface area contributed by atoms with Crippen LogP contribution in [0.3, 0.4) is 0 Å². The normalized spacial score (nSPS) is 16.1. The summed E-state index contributed by atoms with van der Waals surface area (Å²) >= 11 is 0. The van der Waals surface area contributed by atoms with E-state index in [1.54, 1.807) is 0 Å². The molecule has 150 valence electrons. The lowest BCUT2D eigenvalue weighted by Gasteiger charge is -2.31. The first-order valence-electron chi connectivity index (χ1n) is 9.98. The van der Waals surface area contributed by atoms with Gasteiger partial charge in [-0.1, -0.05) is 42.5 Å². The molecule has 0 aromatic heterocycles. The first-order valence-corrected chi connectivity index (χ1v) is 9.98. The van der Waals surface area contributed by atoms with Crippen LogP contribution in [0.5, 0.6) is 0 Å². The molecule has 1 aliphatic heterocycles. The third kappa shape index (κ3) is 6.16. The van der Waals surface area contributed by atoms with Crippen LogP contribution in [0.1, 0.15) is 41.4 Å². The van der Waals surface area contributed by atoms with Crippen LogP contribution in [0.4, 0.5) is 0 Å². The molecule has 0 bridgehead atoms. The minimum absolute atomic E-state index is 0.0570. The van der Waals surface area contributed by atoms with Crippen molar-refractivity contribution in [3.8, 4) is 0 Å². The maximum atomic E-state index is 12.9. The summed E-state index contributed by atoms with van der Waals surface area (Å²) in [5.41, 5.74) is 2.85. The lowest BCUT2D eigenvalue weighted by atomic mass is 10.0. The van der Waals surface area contributed by atoms with E-state index in [1.165, 1.54) is 0 Å². The van der Waals surface area contributed by atoms with E-state index in [-0.39, 0.29) is 18.1 Å². The highest BCUT2D eigenvalue weighted by Gasteiger charge is 2.20. The molecule has 1 atom stereocenters. The summed E-state index contributed by atoms with van der Waals surface area (Å²) in [6.07, 6.45) is 0.190. The van der Waals surface area contributed by atoms with Gasteiger partial charge >= 0.3 is 0 Å². The first-order chi connectivity index (χ1) is 13.6. The van der Waals surface area contributed by atoms with Crippen molar-refractivity contribution in [2.24, 2.45) is 0 Å². The maximum absolute atomic E-state index is 12.9. The van der Waals surface area contributed by atoms with Crippen LogP contribution in [-0.4, -0.2) is 49.8 Å². The first kappa shape index (κ1) is 20.5. The van der Waals surface area contributed by atoms with E-state index in [9.17, 15) is 4.79 Å². The Labute approximate surface area is 167 Å². The Morgan fingerprint density at radius 3 is 2.39 bits per heavy atom. The fourth-order valence-corrected chi connectivity index (χ4v) is 3.22. The summed E-state index contributed by atoms with van der Waals surface area (Å²) < 4.78 is 11.1. The van der Waals surface area contributed by atoms with E-state index in [1.807, 2.05) is 56.3 Å². The molecule has 5 heteroatoms. The Balaban J connectivity index is 1.66. The lowest BCUT2D eigenvalue weighted by Crippen LogP contribution is -2.43. The number of carbonyl (C=O) groups is 1. The molecule has 5 nitrogen and oxygen atoms in total. The number of morpholine rings is 1. The minimum atomic E-state index is -0.0595. The quantitative estimate of drug-likeness (QED) is 0.760. The summed E-state index contributed by atoms with van der Waals surface area (Å²) in [6, 6.07) is 17.7. The second-order valence-electron chi connectivity index (χ2n) is 7.41. The van der Waals surface area contributed by atoms with Crippen LogP contribution < -0.4 is 5.32 Å². The molecular weight excluding hydrogens is 352 g/mol. The summed E-state index contributed by atoms with van der Waals surface area (Å²) in [5, 5.41) is 3.21. The molecule has 1 heterocycles. The molecule has 1 fully saturated rings. The minimum Gasteiger partial charge on any atom is -0.379 e. The molecule has 1 amide bonds. The number of nitrogens with one attached hydrogen (secondary N) is 1. The number of rotatable bonds is 8. The van der Waals surface area contributed by atoms with Crippen molar-refractivity contribution in [3.63, 3.8) is 0 Å². The number of hydrogen-bond donors (Lipinski definition) is 1. The molecule has 1 aliphatic rings. The SMILES string of the molecule is CC(C)OCc1ccc(C(=O)N[C@H](CN2CCOCC2)c2ccccc2)cc1. The van der Waals surface area contributed by atoms with Crippen LogP contribution in [0.2, 0.25) is 0 Å². The van der Waals surface area contributed by atoms with Gasteiger partial charge in [-0.15, -0.1) is 0 Å². The van der Waals surface area contributed by atoms with Crippen molar-refractivity contribution in [2.45, 2.75) is 32.6 Å². The molecule has 0 spiro atoms. The highest BCUT2D eigenvalue weighted by atomic mass is 16.5. The number of hydrogen-bond acceptors (Lipinski definition) is 4. The third-order valence-corrected chi connectivity index (χ3v) is 4.85. The summed E-state index contributed by atoms with van der Waals surface area (Å²) in [4.78, 5) is 15.2. The average molecular weight is 383 g/mol. The standard InChI is InChI=1S/C23H30N2O3/c1-18(2)28-17-19-8-10-21(11-9-19)23(26)24-22(20-6-4-3-5-7-20)16-25-12-14-27-15-13-25/h3-11,18,22H,12-17H2,1-2H3,(H,24,26)/t22-/m1/s1. The number of nitrogens with zero attached hydrogens (tertiary/aromatic N) is 1. The average Bonchev–Trinajstić information content (AvgIpc) is 2.73. The molecule has 0 unspecified atom stereocenters. The van der Waals surface area contributed by atoms with Crippen LogP contribution in [0.25, 0.3) is 0 Å². The predicted molar refractivity (Wildman–Crippen MR) is 110 cm³/mol. The fraction of sp³-hybridized carbons (Fsp3) is 0.435. The molecule has 28 heavy (non-hydrogen) atoms. The van der Waals surface area contributed by atoms with Crippen molar-refractivity contribution >= 4 is 5.91 Å². The van der Waals surface area contributed by atoms with Gasteiger partial charge in [-0.3, -0.25) is 9.69 Å². The van der Waals surface area contributed by atoms with Gasteiger partial charge in [-0.2, -0.15) is 0 Å². The predicted octanol–water partition coefficient (Wildman–Crippen LogP) is 3.41. The highest BCUT2D eigenvalue weighted by Crippen LogP contribution is 2.17. The third-order valence-electron chi connectivity index (χ3n) is 4.85. The largest absolute Gasteiger partial charge is 0.379 e. The van der Waals surface area contributed by atoms with Crippen LogP contribution in [0.15, 0.2) is 54.6 Å². The van der Waals surface area contributed by atoms with Gasteiger partial charge in [0.25, 0.3) is 5.91 Å². The van der Waals surface area contributed by atoms with Crippen LogP contribution >= 0.6 is 0 Å². The molecule has 0 saturated carbocycles. The topological polar surface area (TPSA) is 50.8 Å². The van der Waals surface area contributed by atoms with E-state index in [2.05, 4.69) is 22.3 Å². The summed E-state index contributed by atoms with van der Waals surface area (Å²) in [6.45, 7) is 8.64. The second kappa shape index (κ2) is 10.4. The zero-order valence-electron chi connectivity index (χ0n) is 16.8. The molecule has 0 radical (unpaired) electrons. The van der Waals surface area contributed by atoms with Crippen molar-refractivity contribution in [1.29, 1.82) is 0 Å². The van der Waals surface area contributed by atoms with E-state index < -0.39 is 0 Å². The molecule has 1 N–H and O–H groups in total. The summed E-state index contributed by atoms with van der Waals surface area (Å²) in [5.74, 6) is -0.0570. The Morgan fingerprint density at radius 1 is 1.07 bits per heavy atom. The molecule has 2 aromatic carbocycles. The smallest absolute Gasteiger partial charge is 0.251 e.